The summed E-state index contributed by atoms with van der Waals surface area (Å²) in [5.74, 6) is 0. The first-order valence-electron chi connectivity index (χ1n) is 4.32. The van der Waals surface area contributed by atoms with Gasteiger partial charge in [-0.3, -0.25) is 9.78 Å². The molecule has 5 nitrogen and oxygen atoms in total. The highest BCUT2D eigenvalue weighted by Gasteiger charge is 2.11. The molecule has 0 spiro atoms. The first-order chi connectivity index (χ1) is 6.27. The summed E-state index contributed by atoms with van der Waals surface area (Å²) in [5.41, 5.74) is 0.830. The van der Waals surface area contributed by atoms with Crippen LogP contribution >= 0.6 is 0 Å². The van der Waals surface area contributed by atoms with Gasteiger partial charge in [-0.2, -0.15) is 0 Å². The summed E-state index contributed by atoms with van der Waals surface area (Å²) in [4.78, 5) is 27.2. The second kappa shape index (κ2) is 3.18. The van der Waals surface area contributed by atoms with Gasteiger partial charge in [-0.1, -0.05) is 0 Å². The van der Waals surface area contributed by atoms with Crippen LogP contribution in [0.1, 0.15) is 11.3 Å². The molecule has 0 amide bonds. The van der Waals surface area contributed by atoms with Crippen molar-refractivity contribution in [3.05, 3.63) is 32.1 Å². The van der Waals surface area contributed by atoms with E-state index in [0.29, 0.717) is 18.4 Å². The fourth-order valence-corrected chi connectivity index (χ4v) is 1.59. The summed E-state index contributed by atoms with van der Waals surface area (Å²) in [6.07, 6.45) is 1.40. The molecule has 13 heavy (non-hydrogen) atoms. The Balaban J connectivity index is 2.60. The molecular weight excluding hydrogens is 170 g/mol. The highest BCUT2D eigenvalue weighted by molar-refractivity contribution is 5.18. The van der Waals surface area contributed by atoms with E-state index >= 15 is 0 Å². The molecule has 0 saturated heterocycles. The van der Waals surface area contributed by atoms with Gasteiger partial charge in [-0.25, -0.2) is 4.79 Å². The van der Waals surface area contributed by atoms with E-state index in [1.165, 1.54) is 0 Å². The second-order valence-corrected chi connectivity index (χ2v) is 3.12. The normalized spacial score (nSPS) is 16.3. The minimum atomic E-state index is -0.411. The van der Waals surface area contributed by atoms with Gasteiger partial charge < -0.3 is 10.3 Å². The summed E-state index contributed by atoms with van der Waals surface area (Å²) in [7, 11) is 0. The summed E-state index contributed by atoms with van der Waals surface area (Å²) in [6.45, 7) is 1.61. The van der Waals surface area contributed by atoms with Gasteiger partial charge in [0.1, 0.15) is 0 Å². The quantitative estimate of drug-likeness (QED) is 0.468. The molecule has 0 saturated carbocycles. The van der Waals surface area contributed by atoms with Crippen LogP contribution in [0.5, 0.6) is 0 Å². The molecule has 1 aliphatic heterocycles. The van der Waals surface area contributed by atoms with E-state index in [-0.39, 0.29) is 5.56 Å². The maximum absolute atomic E-state index is 11.3. The lowest BCUT2D eigenvalue weighted by Gasteiger charge is -2.00. The van der Waals surface area contributed by atoms with Gasteiger partial charge in [0.15, 0.2) is 0 Å². The number of hydrogen-bond donors (Lipinski definition) is 3. The lowest BCUT2D eigenvalue weighted by Crippen LogP contribution is -2.28. The van der Waals surface area contributed by atoms with Crippen LogP contribution in [0.3, 0.4) is 0 Å². The van der Waals surface area contributed by atoms with Crippen LogP contribution in [0.15, 0.2) is 9.59 Å². The summed E-state index contributed by atoms with van der Waals surface area (Å²) < 4.78 is 0. The lowest BCUT2D eigenvalue weighted by atomic mass is 10.1. The summed E-state index contributed by atoms with van der Waals surface area (Å²) in [5, 5.41) is 3.17. The fraction of sp³-hybridized carbons (Fsp3) is 0.500. The van der Waals surface area contributed by atoms with E-state index in [1.807, 2.05) is 0 Å². The molecule has 0 bridgehead atoms. The maximum Gasteiger partial charge on any atom is 0.325 e. The largest absolute Gasteiger partial charge is 0.325 e. The second-order valence-electron chi connectivity index (χ2n) is 3.12. The highest BCUT2D eigenvalue weighted by atomic mass is 16.2. The number of hydrogen-bond acceptors (Lipinski definition) is 3. The standard InChI is InChI=1S/C8H11N3O2/c12-7-5-1-3-9-4-2-6(5)10-8(13)11-7/h9H,1-4H2,(H2,10,11,12,13). The maximum atomic E-state index is 11.3. The monoisotopic (exact) mass is 181 g/mol. The molecular formula is C8H11N3O2. The molecule has 1 aromatic rings. The Morgan fingerprint density at radius 1 is 1.00 bits per heavy atom. The fourth-order valence-electron chi connectivity index (χ4n) is 1.59. The van der Waals surface area contributed by atoms with Gasteiger partial charge in [0.05, 0.1) is 0 Å². The van der Waals surface area contributed by atoms with Crippen molar-refractivity contribution in [1.29, 1.82) is 0 Å². The molecule has 1 aromatic heterocycles. The zero-order chi connectivity index (χ0) is 9.26. The molecule has 0 unspecified atom stereocenters. The Morgan fingerprint density at radius 3 is 2.62 bits per heavy atom. The number of aromatic nitrogens is 2. The average Bonchev–Trinajstić information content (AvgIpc) is 2.28. The van der Waals surface area contributed by atoms with Crippen LogP contribution in [-0.2, 0) is 12.8 Å². The molecule has 5 heteroatoms. The molecule has 0 aromatic carbocycles. The Hall–Kier alpha value is -1.36. The van der Waals surface area contributed by atoms with Gasteiger partial charge in [0.2, 0.25) is 0 Å². The topological polar surface area (TPSA) is 77.8 Å². The number of aromatic amines is 2. The molecule has 2 heterocycles. The van der Waals surface area contributed by atoms with Crippen LogP contribution < -0.4 is 16.6 Å². The van der Waals surface area contributed by atoms with E-state index in [9.17, 15) is 9.59 Å². The molecule has 0 atom stereocenters. The third-order valence-electron chi connectivity index (χ3n) is 2.23. The number of fused-ring (bicyclic) bond motifs is 1. The van der Waals surface area contributed by atoms with Gasteiger partial charge >= 0.3 is 5.69 Å². The Morgan fingerprint density at radius 2 is 1.77 bits per heavy atom. The summed E-state index contributed by atoms with van der Waals surface area (Å²) >= 11 is 0. The molecule has 0 aliphatic carbocycles. The van der Waals surface area contributed by atoms with Crippen LogP contribution in [0.4, 0.5) is 0 Å². The van der Waals surface area contributed by atoms with E-state index < -0.39 is 5.69 Å². The van der Waals surface area contributed by atoms with Crippen molar-refractivity contribution in [2.45, 2.75) is 12.8 Å². The smallest absolute Gasteiger partial charge is 0.316 e. The van der Waals surface area contributed by atoms with Crippen LogP contribution in [0.2, 0.25) is 0 Å². The van der Waals surface area contributed by atoms with Crippen molar-refractivity contribution in [3.63, 3.8) is 0 Å². The van der Waals surface area contributed by atoms with E-state index in [1.54, 1.807) is 0 Å². The zero-order valence-corrected chi connectivity index (χ0v) is 7.14. The molecule has 1 aliphatic rings. The average molecular weight is 181 g/mol. The van der Waals surface area contributed by atoms with Crippen molar-refractivity contribution < 1.29 is 0 Å². The van der Waals surface area contributed by atoms with Crippen molar-refractivity contribution in [2.24, 2.45) is 0 Å². The molecule has 0 fully saturated rings. The zero-order valence-electron chi connectivity index (χ0n) is 7.14. The van der Waals surface area contributed by atoms with Crippen LogP contribution in [0, 0.1) is 0 Å². The number of rotatable bonds is 0. The van der Waals surface area contributed by atoms with Gasteiger partial charge in [-0.05, 0) is 13.0 Å². The minimum Gasteiger partial charge on any atom is -0.316 e. The molecule has 0 radical (unpaired) electrons. The van der Waals surface area contributed by atoms with Gasteiger partial charge in [0, 0.05) is 24.2 Å². The first-order valence-corrected chi connectivity index (χ1v) is 4.32. The molecule has 2 rings (SSSR count). The highest BCUT2D eigenvalue weighted by Crippen LogP contribution is 2.01. The molecule has 3 N–H and O–H groups in total. The minimum absolute atomic E-state index is 0.248. The Kier molecular flexibility index (Phi) is 2.02. The van der Waals surface area contributed by atoms with Crippen molar-refractivity contribution in [2.75, 3.05) is 13.1 Å². The Bertz CT molecular complexity index is 418. The SMILES string of the molecule is O=c1[nH]c2c(c(=O)[nH]1)CCNCC2. The third kappa shape index (κ3) is 1.55. The van der Waals surface area contributed by atoms with Gasteiger partial charge in [-0.15, -0.1) is 0 Å². The predicted octanol–water partition coefficient (Wildman–Crippen LogP) is -1.25. The Labute approximate surface area is 74.2 Å². The van der Waals surface area contributed by atoms with Gasteiger partial charge in [0.25, 0.3) is 5.56 Å². The van der Waals surface area contributed by atoms with Crippen molar-refractivity contribution >= 4 is 0 Å². The van der Waals surface area contributed by atoms with Crippen LogP contribution in [-0.4, -0.2) is 23.1 Å². The van der Waals surface area contributed by atoms with Crippen LogP contribution in [0.25, 0.3) is 0 Å². The van der Waals surface area contributed by atoms with E-state index in [4.69, 9.17) is 0 Å². The van der Waals surface area contributed by atoms with Crippen molar-refractivity contribution in [3.8, 4) is 0 Å². The molecule has 70 valence electrons. The third-order valence-corrected chi connectivity index (χ3v) is 2.23. The summed E-state index contributed by atoms with van der Waals surface area (Å²) in [6, 6.07) is 0. The van der Waals surface area contributed by atoms with E-state index in [2.05, 4.69) is 15.3 Å². The number of nitrogens with one attached hydrogen (secondary N) is 3. The predicted molar refractivity (Wildman–Crippen MR) is 48.0 cm³/mol. The number of H-pyrrole nitrogens is 2. The van der Waals surface area contributed by atoms with Crippen molar-refractivity contribution in [1.82, 2.24) is 15.3 Å². The lowest BCUT2D eigenvalue weighted by molar-refractivity contribution is 0.708. The van der Waals surface area contributed by atoms with E-state index in [0.717, 1.165) is 18.8 Å². The first kappa shape index (κ1) is 8.25.